The first-order chi connectivity index (χ1) is 12.2. The molecule has 26 heavy (non-hydrogen) atoms. The zero-order valence-electron chi connectivity index (χ0n) is 15.3. The summed E-state index contributed by atoms with van der Waals surface area (Å²) in [6.45, 7) is 4.52. The van der Waals surface area contributed by atoms with Crippen LogP contribution >= 0.6 is 0 Å². The number of aliphatic hydroxyl groups excluding tert-OH is 1. The highest BCUT2D eigenvalue weighted by Crippen LogP contribution is 2.13. The molecular formula is C18H26O8. The Balaban J connectivity index is 2.89. The van der Waals surface area contributed by atoms with Gasteiger partial charge in [0, 0.05) is 18.9 Å². The Labute approximate surface area is 152 Å². The fraction of sp³-hybridized carbons (Fsp3) is 0.667. The summed E-state index contributed by atoms with van der Waals surface area (Å²) < 4.78 is 15.4. The lowest BCUT2D eigenvalue weighted by molar-refractivity contribution is -0.155. The third kappa shape index (κ3) is 8.75. The summed E-state index contributed by atoms with van der Waals surface area (Å²) >= 11 is 0. The largest absolute Gasteiger partial charge is 0.463 e. The Bertz CT molecular complexity index is 553. The molecule has 0 aromatic heterocycles. The molecule has 4 atom stereocenters. The number of Topliss-reactive ketones (excluding diaryl/α,β-unsaturated/α-hetero) is 1. The minimum Gasteiger partial charge on any atom is -0.463 e. The molecule has 8 nitrogen and oxygen atoms in total. The average Bonchev–Trinajstić information content (AvgIpc) is 2.50. The van der Waals surface area contributed by atoms with Crippen LogP contribution in [0.25, 0.3) is 0 Å². The van der Waals surface area contributed by atoms with E-state index >= 15 is 0 Å². The molecule has 0 aromatic rings. The molecule has 0 saturated carbocycles. The summed E-state index contributed by atoms with van der Waals surface area (Å²) in [5, 5.41) is 9.92. The molecule has 1 N–H and O–H groups in total. The van der Waals surface area contributed by atoms with Gasteiger partial charge in [-0.15, -0.1) is 0 Å². The van der Waals surface area contributed by atoms with E-state index in [4.69, 9.17) is 14.2 Å². The van der Waals surface area contributed by atoms with E-state index in [-0.39, 0.29) is 25.0 Å². The zero-order valence-corrected chi connectivity index (χ0v) is 15.3. The molecule has 0 fully saturated rings. The first kappa shape index (κ1) is 21.8. The van der Waals surface area contributed by atoms with Crippen molar-refractivity contribution in [2.75, 3.05) is 0 Å². The normalized spacial score (nSPS) is 30.7. The molecule has 1 aliphatic rings. The van der Waals surface area contributed by atoms with Crippen molar-refractivity contribution in [3.8, 4) is 0 Å². The highest BCUT2D eigenvalue weighted by Gasteiger charge is 2.23. The highest BCUT2D eigenvalue weighted by atomic mass is 16.6. The molecular weight excluding hydrogens is 344 g/mol. The number of esters is 3. The number of hydrogen-bond acceptors (Lipinski definition) is 8. The maximum Gasteiger partial charge on any atom is 0.330 e. The second-order valence-electron chi connectivity index (χ2n) is 6.41. The van der Waals surface area contributed by atoms with Crippen LogP contribution in [0.4, 0.5) is 0 Å². The van der Waals surface area contributed by atoms with E-state index in [0.717, 1.165) is 12.2 Å². The summed E-state index contributed by atoms with van der Waals surface area (Å²) in [6.07, 6.45) is -0.602. The van der Waals surface area contributed by atoms with Gasteiger partial charge in [0.05, 0.1) is 12.5 Å². The van der Waals surface area contributed by atoms with Crippen LogP contribution in [0.3, 0.4) is 0 Å². The average molecular weight is 370 g/mol. The van der Waals surface area contributed by atoms with Crippen LogP contribution in [-0.2, 0) is 33.4 Å². The van der Waals surface area contributed by atoms with E-state index in [1.165, 1.54) is 13.8 Å². The van der Waals surface area contributed by atoms with Crippen LogP contribution in [0.5, 0.6) is 0 Å². The lowest BCUT2D eigenvalue weighted by Gasteiger charge is -2.19. The zero-order chi connectivity index (χ0) is 19.7. The summed E-state index contributed by atoms with van der Waals surface area (Å²) in [4.78, 5) is 46.9. The molecule has 0 bridgehead atoms. The molecule has 0 aliphatic carbocycles. The third-order valence-corrected chi connectivity index (χ3v) is 3.74. The van der Waals surface area contributed by atoms with Crippen molar-refractivity contribution in [2.24, 2.45) is 0 Å². The highest BCUT2D eigenvalue weighted by molar-refractivity contribution is 5.83. The standard InChI is InChI=1S/C18H26O8/c1-11(19)9-14-10-18(23)24-12(2)5-4-6-16(21)25-13(3)15(20)7-8-17(22)26-14/h7-8,12-15,20H,4-6,9-10H2,1-3H3/b8-7+/t12-,13-,14+,15+/m0/s1. The minimum absolute atomic E-state index is 0.111. The van der Waals surface area contributed by atoms with Gasteiger partial charge in [-0.3, -0.25) is 14.4 Å². The summed E-state index contributed by atoms with van der Waals surface area (Å²) in [6, 6.07) is 0. The van der Waals surface area contributed by atoms with Crippen molar-refractivity contribution >= 4 is 23.7 Å². The molecule has 0 aromatic carbocycles. The van der Waals surface area contributed by atoms with E-state index in [9.17, 15) is 24.3 Å². The summed E-state index contributed by atoms with van der Waals surface area (Å²) in [5.41, 5.74) is 0. The Hall–Kier alpha value is -2.22. The van der Waals surface area contributed by atoms with Crippen LogP contribution in [-0.4, -0.2) is 53.2 Å². The number of cyclic esters (lactones) is 3. The molecule has 146 valence electrons. The number of rotatable bonds is 2. The van der Waals surface area contributed by atoms with Crippen molar-refractivity contribution < 1.29 is 38.5 Å². The van der Waals surface area contributed by atoms with Crippen LogP contribution in [0, 0.1) is 0 Å². The van der Waals surface area contributed by atoms with Gasteiger partial charge in [0.25, 0.3) is 0 Å². The van der Waals surface area contributed by atoms with Crippen LogP contribution < -0.4 is 0 Å². The maximum atomic E-state index is 12.0. The van der Waals surface area contributed by atoms with Gasteiger partial charge in [-0.1, -0.05) is 0 Å². The van der Waals surface area contributed by atoms with Crippen molar-refractivity contribution in [1.29, 1.82) is 0 Å². The van der Waals surface area contributed by atoms with Gasteiger partial charge >= 0.3 is 17.9 Å². The lowest BCUT2D eigenvalue weighted by Crippen LogP contribution is -2.29. The third-order valence-electron chi connectivity index (χ3n) is 3.74. The second-order valence-corrected chi connectivity index (χ2v) is 6.41. The molecule has 1 heterocycles. The molecule has 0 amide bonds. The van der Waals surface area contributed by atoms with Gasteiger partial charge in [0.1, 0.15) is 24.1 Å². The van der Waals surface area contributed by atoms with E-state index in [2.05, 4.69) is 0 Å². The number of ketones is 1. The Morgan fingerprint density at radius 3 is 2.50 bits per heavy atom. The molecule has 8 heteroatoms. The number of hydrogen-bond donors (Lipinski definition) is 1. The SMILES string of the molecule is CC(=O)C[C@@H]1CC(=O)O[C@@H](C)CCCC(=O)O[C@@H](C)[C@H](O)/C=C/C(=O)O1. The molecule has 1 rings (SSSR count). The van der Waals surface area contributed by atoms with Crippen LogP contribution in [0.2, 0.25) is 0 Å². The van der Waals surface area contributed by atoms with Gasteiger partial charge in [-0.25, -0.2) is 4.79 Å². The smallest absolute Gasteiger partial charge is 0.330 e. The molecule has 0 unspecified atom stereocenters. The number of aliphatic hydroxyl groups is 1. The first-order valence-corrected chi connectivity index (χ1v) is 8.62. The van der Waals surface area contributed by atoms with E-state index in [1.54, 1.807) is 6.92 Å². The van der Waals surface area contributed by atoms with E-state index in [1.807, 2.05) is 0 Å². The van der Waals surface area contributed by atoms with Crippen molar-refractivity contribution in [3.63, 3.8) is 0 Å². The van der Waals surface area contributed by atoms with Crippen LogP contribution in [0.1, 0.15) is 52.9 Å². The van der Waals surface area contributed by atoms with E-state index < -0.39 is 42.3 Å². The summed E-state index contributed by atoms with van der Waals surface area (Å²) in [5.74, 6) is -2.13. The van der Waals surface area contributed by atoms with Crippen molar-refractivity contribution in [2.45, 2.75) is 77.3 Å². The summed E-state index contributed by atoms with van der Waals surface area (Å²) in [7, 11) is 0. The van der Waals surface area contributed by atoms with Crippen LogP contribution in [0.15, 0.2) is 12.2 Å². The monoisotopic (exact) mass is 370 g/mol. The van der Waals surface area contributed by atoms with Gasteiger partial charge < -0.3 is 19.3 Å². The Morgan fingerprint density at radius 2 is 1.85 bits per heavy atom. The quantitative estimate of drug-likeness (QED) is 0.570. The van der Waals surface area contributed by atoms with Gasteiger partial charge in [-0.05, 0) is 39.7 Å². The van der Waals surface area contributed by atoms with Crippen molar-refractivity contribution in [1.82, 2.24) is 0 Å². The molecule has 0 spiro atoms. The maximum absolute atomic E-state index is 12.0. The number of carbonyl (C=O) groups is 4. The van der Waals surface area contributed by atoms with Crippen molar-refractivity contribution in [3.05, 3.63) is 12.2 Å². The predicted octanol–water partition coefficient (Wildman–Crippen LogP) is 1.23. The fourth-order valence-electron chi connectivity index (χ4n) is 2.40. The lowest BCUT2D eigenvalue weighted by atomic mass is 10.1. The number of carbonyl (C=O) groups excluding carboxylic acids is 4. The first-order valence-electron chi connectivity index (χ1n) is 8.62. The molecule has 0 saturated heterocycles. The second kappa shape index (κ2) is 10.7. The molecule has 0 radical (unpaired) electrons. The van der Waals surface area contributed by atoms with Gasteiger partial charge in [0.2, 0.25) is 0 Å². The fourth-order valence-corrected chi connectivity index (χ4v) is 2.40. The van der Waals surface area contributed by atoms with Gasteiger partial charge in [0.15, 0.2) is 0 Å². The Morgan fingerprint density at radius 1 is 1.15 bits per heavy atom. The Kier molecular flexibility index (Phi) is 8.98. The predicted molar refractivity (Wildman–Crippen MR) is 89.9 cm³/mol. The minimum atomic E-state index is -1.19. The van der Waals surface area contributed by atoms with Gasteiger partial charge in [-0.2, -0.15) is 0 Å². The topological polar surface area (TPSA) is 116 Å². The number of ether oxygens (including phenoxy) is 3. The molecule has 1 aliphatic heterocycles. The van der Waals surface area contributed by atoms with E-state index in [0.29, 0.717) is 12.8 Å².